The first-order valence-electron chi connectivity index (χ1n) is 7.33. The second-order valence-corrected chi connectivity index (χ2v) is 5.72. The number of hydrogen-bond donors (Lipinski definition) is 3. The molecule has 2 aromatic rings. The summed E-state index contributed by atoms with van der Waals surface area (Å²) >= 11 is 0. The minimum Gasteiger partial charge on any atom is -0.394 e. The minimum absolute atomic E-state index is 0.0948. The summed E-state index contributed by atoms with van der Waals surface area (Å²) in [5, 5.41) is 30.5. The summed E-state index contributed by atoms with van der Waals surface area (Å²) in [6.45, 7) is -0.355. The van der Waals surface area contributed by atoms with Crippen LogP contribution in [0.1, 0.15) is 28.7 Å². The van der Waals surface area contributed by atoms with E-state index in [1.165, 1.54) is 0 Å². The van der Waals surface area contributed by atoms with Crippen LogP contribution in [0.3, 0.4) is 0 Å². The molecule has 110 valence electrons. The van der Waals surface area contributed by atoms with Crippen molar-refractivity contribution in [1.29, 1.82) is 0 Å². The van der Waals surface area contributed by atoms with Crippen LogP contribution in [0.4, 0.5) is 0 Å². The van der Waals surface area contributed by atoms with Gasteiger partial charge in [-0.1, -0.05) is 48.5 Å². The summed E-state index contributed by atoms with van der Waals surface area (Å²) < 4.78 is 0. The summed E-state index contributed by atoms with van der Waals surface area (Å²) in [5.74, 6) is 0. The number of fused-ring (bicyclic) bond motifs is 2. The zero-order valence-electron chi connectivity index (χ0n) is 11.9. The number of benzene rings is 2. The largest absolute Gasteiger partial charge is 0.394 e. The molecule has 3 heteroatoms. The Morgan fingerprint density at radius 3 is 1.86 bits per heavy atom. The van der Waals surface area contributed by atoms with E-state index in [1.807, 2.05) is 48.5 Å². The summed E-state index contributed by atoms with van der Waals surface area (Å²) in [4.78, 5) is 0. The molecule has 0 saturated carbocycles. The lowest BCUT2D eigenvalue weighted by Crippen LogP contribution is -2.34. The molecule has 0 fully saturated rings. The van der Waals surface area contributed by atoms with Gasteiger partial charge in [-0.25, -0.2) is 0 Å². The van der Waals surface area contributed by atoms with E-state index in [1.54, 1.807) is 0 Å². The lowest BCUT2D eigenvalue weighted by molar-refractivity contribution is -0.00404. The molecule has 0 bridgehead atoms. The highest BCUT2D eigenvalue weighted by Crippen LogP contribution is 2.40. The highest BCUT2D eigenvalue weighted by atomic mass is 16.3. The van der Waals surface area contributed by atoms with E-state index < -0.39 is 11.7 Å². The molecular weight excluding hydrogens is 264 g/mol. The molecule has 1 aliphatic carbocycles. The zero-order chi connectivity index (χ0) is 14.9. The fourth-order valence-corrected chi connectivity index (χ4v) is 3.32. The molecule has 0 saturated heterocycles. The van der Waals surface area contributed by atoms with Crippen molar-refractivity contribution < 1.29 is 15.3 Å². The third-order valence-corrected chi connectivity index (χ3v) is 4.33. The van der Waals surface area contributed by atoms with Crippen molar-refractivity contribution in [1.82, 2.24) is 0 Å². The van der Waals surface area contributed by atoms with Crippen molar-refractivity contribution in [2.75, 3.05) is 6.61 Å². The molecule has 1 aliphatic rings. The predicted octanol–water partition coefficient (Wildman–Crippen LogP) is 1.76. The van der Waals surface area contributed by atoms with E-state index in [2.05, 4.69) is 0 Å². The molecule has 2 aromatic carbocycles. The number of rotatable bonds is 3. The van der Waals surface area contributed by atoms with Crippen molar-refractivity contribution in [3.8, 4) is 0 Å². The monoisotopic (exact) mass is 284 g/mol. The van der Waals surface area contributed by atoms with E-state index in [0.717, 1.165) is 35.1 Å². The Labute approximate surface area is 124 Å². The van der Waals surface area contributed by atoms with Crippen LogP contribution in [-0.4, -0.2) is 28.0 Å². The normalized spacial score (nSPS) is 17.5. The van der Waals surface area contributed by atoms with Gasteiger partial charge in [-0.05, 0) is 35.1 Å². The van der Waals surface area contributed by atoms with Crippen LogP contribution < -0.4 is 0 Å². The molecule has 1 unspecified atom stereocenters. The molecule has 0 spiro atoms. The Bertz CT molecular complexity index is 588. The summed E-state index contributed by atoms with van der Waals surface area (Å²) in [5.41, 5.74) is 2.61. The van der Waals surface area contributed by atoms with Crippen molar-refractivity contribution >= 4 is 0 Å². The van der Waals surface area contributed by atoms with Gasteiger partial charge in [-0.15, -0.1) is 0 Å². The second-order valence-electron chi connectivity index (χ2n) is 5.72. The molecule has 0 aliphatic heterocycles. The van der Waals surface area contributed by atoms with Crippen LogP contribution in [-0.2, 0) is 18.4 Å². The molecule has 0 aromatic heterocycles. The highest BCUT2D eigenvalue weighted by Gasteiger charge is 2.38. The molecule has 1 atom stereocenters. The Kier molecular flexibility index (Phi) is 3.81. The van der Waals surface area contributed by atoms with Crippen LogP contribution in [0.5, 0.6) is 0 Å². The van der Waals surface area contributed by atoms with Gasteiger partial charge in [0, 0.05) is 6.42 Å². The molecule has 3 rings (SSSR count). The summed E-state index contributed by atoms with van der Waals surface area (Å²) in [6, 6.07) is 15.6. The Morgan fingerprint density at radius 1 is 0.905 bits per heavy atom. The molecule has 3 nitrogen and oxygen atoms in total. The van der Waals surface area contributed by atoms with E-state index in [0.29, 0.717) is 0 Å². The van der Waals surface area contributed by atoms with Gasteiger partial charge >= 0.3 is 0 Å². The summed E-state index contributed by atoms with van der Waals surface area (Å²) in [7, 11) is 0. The van der Waals surface area contributed by atoms with E-state index in [-0.39, 0.29) is 13.0 Å². The Balaban J connectivity index is 2.19. The minimum atomic E-state index is -1.26. The second kappa shape index (κ2) is 5.60. The smallest absolute Gasteiger partial charge is 0.118 e. The molecule has 3 N–H and O–H groups in total. The van der Waals surface area contributed by atoms with Gasteiger partial charge in [-0.2, -0.15) is 0 Å². The lowest BCUT2D eigenvalue weighted by Gasteiger charge is -2.32. The van der Waals surface area contributed by atoms with Gasteiger partial charge in [0.2, 0.25) is 0 Å². The molecular formula is C18H20O3. The maximum Gasteiger partial charge on any atom is 0.118 e. The average Bonchev–Trinajstić information content (AvgIpc) is 2.64. The van der Waals surface area contributed by atoms with Crippen molar-refractivity contribution in [3.63, 3.8) is 0 Å². The fourth-order valence-electron chi connectivity index (χ4n) is 3.32. The lowest BCUT2D eigenvalue weighted by atomic mass is 9.79. The first kappa shape index (κ1) is 14.3. The quantitative estimate of drug-likeness (QED) is 0.805. The summed E-state index contributed by atoms with van der Waals surface area (Å²) in [6.07, 6.45) is 0.877. The van der Waals surface area contributed by atoms with Gasteiger partial charge in [0.15, 0.2) is 0 Å². The van der Waals surface area contributed by atoms with Crippen molar-refractivity contribution in [2.45, 2.75) is 31.0 Å². The highest BCUT2D eigenvalue weighted by molar-refractivity contribution is 5.47. The number of aliphatic hydroxyl groups excluding tert-OH is 2. The number of aliphatic hydroxyl groups is 3. The topological polar surface area (TPSA) is 60.7 Å². The third kappa shape index (κ3) is 2.48. The van der Waals surface area contributed by atoms with Crippen LogP contribution in [0.2, 0.25) is 0 Å². The Morgan fingerprint density at radius 2 is 1.38 bits per heavy atom. The van der Waals surface area contributed by atoms with Crippen LogP contribution in [0, 0.1) is 0 Å². The molecule has 0 amide bonds. The third-order valence-electron chi connectivity index (χ3n) is 4.33. The van der Waals surface area contributed by atoms with Crippen LogP contribution >= 0.6 is 0 Å². The predicted molar refractivity (Wildman–Crippen MR) is 81.0 cm³/mol. The van der Waals surface area contributed by atoms with Gasteiger partial charge in [0.25, 0.3) is 0 Å². The molecule has 0 heterocycles. The zero-order valence-corrected chi connectivity index (χ0v) is 11.9. The van der Waals surface area contributed by atoms with E-state index in [4.69, 9.17) is 0 Å². The van der Waals surface area contributed by atoms with Crippen molar-refractivity contribution in [3.05, 3.63) is 70.8 Å². The maximum absolute atomic E-state index is 11.4. The van der Waals surface area contributed by atoms with Crippen LogP contribution in [0.25, 0.3) is 0 Å². The first-order chi connectivity index (χ1) is 10.1. The van der Waals surface area contributed by atoms with Gasteiger partial charge in [0.05, 0.1) is 12.7 Å². The van der Waals surface area contributed by atoms with Gasteiger partial charge < -0.3 is 15.3 Å². The van der Waals surface area contributed by atoms with Crippen molar-refractivity contribution in [2.24, 2.45) is 0 Å². The Hall–Kier alpha value is -1.68. The first-order valence-corrected chi connectivity index (χ1v) is 7.33. The maximum atomic E-state index is 11.4. The number of hydrogen-bond acceptors (Lipinski definition) is 3. The van der Waals surface area contributed by atoms with E-state index in [9.17, 15) is 15.3 Å². The average molecular weight is 284 g/mol. The van der Waals surface area contributed by atoms with Gasteiger partial charge in [0.1, 0.15) is 5.60 Å². The van der Waals surface area contributed by atoms with Crippen LogP contribution in [0.15, 0.2) is 48.5 Å². The van der Waals surface area contributed by atoms with Gasteiger partial charge in [-0.3, -0.25) is 0 Å². The fraction of sp³-hybridized carbons (Fsp3) is 0.333. The van der Waals surface area contributed by atoms with E-state index >= 15 is 0 Å². The number of aryl methyl sites for hydroxylation is 2. The molecule has 0 radical (unpaired) electrons. The SMILES string of the molecule is OCC(O)CC1(O)c2ccccc2CCc2ccccc21. The molecule has 21 heavy (non-hydrogen) atoms. The standard InChI is InChI=1S/C18H20O3/c19-12-15(20)11-18(21)16-7-3-1-5-13(16)9-10-14-6-2-4-8-17(14)18/h1-8,15,19-21H,9-12H2.